The molecule has 0 saturated heterocycles. The van der Waals surface area contributed by atoms with Gasteiger partial charge in [-0.15, -0.1) is 0 Å². The van der Waals surface area contributed by atoms with Crippen LogP contribution in [-0.2, 0) is 0 Å². The lowest BCUT2D eigenvalue weighted by atomic mass is 9.96. The molecule has 127 heavy (non-hydrogen) atoms. The van der Waals surface area contributed by atoms with Crippen molar-refractivity contribution in [2.24, 2.45) is 0 Å². The van der Waals surface area contributed by atoms with Crippen molar-refractivity contribution in [3.63, 3.8) is 0 Å². The van der Waals surface area contributed by atoms with E-state index in [0.29, 0.717) is 23.4 Å². The number of nitrogens with zero attached hydrogens (tertiary/aromatic N) is 14. The van der Waals surface area contributed by atoms with Gasteiger partial charge in [-0.05, 0) is 154 Å². The standard InChI is InChI=1S/C113H60N14/c1-59-106-83(53-66(57-114-106)62-39-44-68-63(51-62)42-49-93-98(68)105-96(127(93)113-118-81-32-14-7-28-73(81)107(121-113)61-22-3-2-4-23-61)56-79-72-27-10-17-35-87(72)124-90-38-20-13-31-76(90)102(105)110(79)124)120-112(116-59)126-92-50-43-64-52-65(40-45-69(64)99(92)104-95(126)55-78-71-26-9-16-34-86(71)123-89-37-19-12-30-75(89)101(104)109(78)123)80-46-47-82-84(117-80)58-115-111(119-82)125-91-48-41-60-21-5-6-24-67(60)97(91)103-94(125)54-77-70-25-8-15-33-85(70)122-88-36-18-11-29-74(88)100(103)108(77)122/h2-58H,1H3. The fourth-order valence-electron chi connectivity index (χ4n) is 23.0. The second kappa shape index (κ2) is 23.7. The first-order valence-corrected chi connectivity index (χ1v) is 43.2. The van der Waals surface area contributed by atoms with Crippen LogP contribution in [0.1, 0.15) is 5.69 Å². The lowest BCUT2D eigenvalue weighted by Crippen LogP contribution is -2.04. The molecular formula is C113H60N14. The van der Waals surface area contributed by atoms with Crippen LogP contribution < -0.4 is 0 Å². The van der Waals surface area contributed by atoms with E-state index in [1.54, 1.807) is 0 Å². The van der Waals surface area contributed by atoms with Crippen molar-refractivity contribution in [2.75, 3.05) is 0 Å². The summed E-state index contributed by atoms with van der Waals surface area (Å²) in [5.74, 6) is 1.77. The molecular weight excluding hydrogens is 1550 g/mol. The number of aromatic nitrogens is 14. The van der Waals surface area contributed by atoms with E-state index in [0.717, 1.165) is 148 Å². The van der Waals surface area contributed by atoms with Crippen molar-refractivity contribution < 1.29 is 0 Å². The van der Waals surface area contributed by atoms with Crippen molar-refractivity contribution in [1.29, 1.82) is 0 Å². The summed E-state index contributed by atoms with van der Waals surface area (Å²) in [5.41, 5.74) is 27.2. The quantitative estimate of drug-likeness (QED) is 0.161. The van der Waals surface area contributed by atoms with Gasteiger partial charge in [-0.2, -0.15) is 0 Å². The average Bonchev–Trinajstić information content (AvgIpc) is 1.52. The monoisotopic (exact) mass is 1610 g/mol. The number of benzene rings is 17. The van der Waals surface area contributed by atoms with Crippen LogP contribution in [-0.4, -0.2) is 66.8 Å². The topological polar surface area (TPSA) is 131 Å². The van der Waals surface area contributed by atoms with Gasteiger partial charge in [0, 0.05) is 125 Å². The highest BCUT2D eigenvalue weighted by Crippen LogP contribution is 2.54. The van der Waals surface area contributed by atoms with Crippen molar-refractivity contribution in [1.82, 2.24) is 66.8 Å². The molecule has 0 radical (unpaired) electrons. The number of para-hydroxylation sites is 7. The smallest absolute Gasteiger partial charge is 0.235 e. The Morgan fingerprint density at radius 3 is 1.18 bits per heavy atom. The first-order chi connectivity index (χ1) is 62.9. The maximum absolute atomic E-state index is 5.70. The normalized spacial score (nSPS) is 12.8. The van der Waals surface area contributed by atoms with E-state index in [1.165, 1.54) is 130 Å². The highest BCUT2D eigenvalue weighted by Gasteiger charge is 2.32. The summed E-state index contributed by atoms with van der Waals surface area (Å²) in [6, 6.07) is 122. The Hall–Kier alpha value is -17.4. The molecule has 14 heteroatoms. The number of aryl methyl sites for hydroxylation is 1. The van der Waals surface area contributed by atoms with Crippen LogP contribution in [0.3, 0.4) is 0 Å². The molecule has 0 fully saturated rings. The van der Waals surface area contributed by atoms with Gasteiger partial charge in [-0.1, -0.05) is 224 Å². The predicted molar refractivity (Wildman–Crippen MR) is 522 cm³/mol. The molecule has 0 amide bonds. The number of fused-ring (bicyclic) bond motifs is 39. The van der Waals surface area contributed by atoms with Gasteiger partial charge in [0.25, 0.3) is 0 Å². The SMILES string of the molecule is Cc1nc(-n2c3ccc4cc(-c5ccc6nc(-n7c8ccc9ccccc9c8c8c9c%10ccccc%10n%10c%11ccccc%11c(cc87)c9%10)ncc6n5)ccc4c3c3c4c5ccccc5n5c6ccccc6c(cc32)c45)nc2cc(-c3ccc4c(ccc5c4c4c6c7ccccc7n7c8ccccc8c(cc4n5-c4nc(-c5ccccc5)c5ccccc5n4)c67)c3)cnc12. The molecule has 0 bridgehead atoms. The Bertz CT molecular complexity index is 10500. The maximum atomic E-state index is 5.70. The van der Waals surface area contributed by atoms with E-state index < -0.39 is 0 Å². The lowest BCUT2D eigenvalue weighted by Gasteiger charge is -2.12. The van der Waals surface area contributed by atoms with Gasteiger partial charge in [0.1, 0.15) is 11.0 Å². The predicted octanol–water partition coefficient (Wildman–Crippen LogP) is 27.8. The fraction of sp³-hybridized carbons (Fsp3) is 0.00885. The summed E-state index contributed by atoms with van der Waals surface area (Å²) in [5, 5.41) is 29.1. The molecule has 0 aliphatic carbocycles. The van der Waals surface area contributed by atoms with Crippen molar-refractivity contribution in [2.45, 2.75) is 6.92 Å². The molecule has 0 saturated carbocycles. The highest BCUT2D eigenvalue weighted by atomic mass is 15.2. The number of rotatable bonds is 6. The van der Waals surface area contributed by atoms with E-state index >= 15 is 0 Å². The minimum Gasteiger partial charge on any atom is -0.308 e. The minimum absolute atomic E-state index is 0.566. The van der Waals surface area contributed by atoms with Crippen LogP contribution in [0.5, 0.6) is 0 Å². The molecule has 0 spiro atoms. The van der Waals surface area contributed by atoms with Crippen LogP contribution in [0.25, 0.3) is 296 Å². The summed E-state index contributed by atoms with van der Waals surface area (Å²) >= 11 is 0. The third-order valence-corrected chi connectivity index (χ3v) is 28.1. The fourth-order valence-corrected chi connectivity index (χ4v) is 23.0. The first-order valence-electron chi connectivity index (χ1n) is 43.2. The maximum Gasteiger partial charge on any atom is 0.235 e. The van der Waals surface area contributed by atoms with Crippen LogP contribution in [0.2, 0.25) is 0 Å². The zero-order valence-corrected chi connectivity index (χ0v) is 67.7. The summed E-state index contributed by atoms with van der Waals surface area (Å²) in [4.78, 5) is 43.7. The van der Waals surface area contributed by atoms with Crippen LogP contribution in [0.15, 0.2) is 346 Å². The molecule has 0 aliphatic heterocycles. The molecule has 582 valence electrons. The van der Waals surface area contributed by atoms with Crippen molar-refractivity contribution >= 4 is 245 Å². The van der Waals surface area contributed by atoms with Crippen molar-refractivity contribution in [3.8, 4) is 51.5 Å². The number of pyridine rings is 2. The van der Waals surface area contributed by atoms with Gasteiger partial charge < -0.3 is 13.2 Å². The lowest BCUT2D eigenvalue weighted by molar-refractivity contribution is 0.984. The highest BCUT2D eigenvalue weighted by molar-refractivity contribution is 6.42. The molecule has 14 nitrogen and oxygen atoms in total. The van der Waals surface area contributed by atoms with Gasteiger partial charge in [-0.25, -0.2) is 34.9 Å². The summed E-state index contributed by atoms with van der Waals surface area (Å²) in [7, 11) is 0. The van der Waals surface area contributed by atoms with E-state index in [1.807, 2.05) is 12.4 Å². The molecule has 14 aromatic heterocycles. The van der Waals surface area contributed by atoms with Crippen LogP contribution in [0, 0.1) is 6.92 Å². The Labute approximate surface area is 717 Å². The summed E-state index contributed by atoms with van der Waals surface area (Å²) in [6.45, 7) is 2.07. The van der Waals surface area contributed by atoms with Gasteiger partial charge in [0.05, 0.1) is 123 Å². The van der Waals surface area contributed by atoms with Gasteiger partial charge >= 0.3 is 0 Å². The summed E-state index contributed by atoms with van der Waals surface area (Å²) in [6.07, 6.45) is 3.89. The van der Waals surface area contributed by atoms with Crippen LogP contribution in [0.4, 0.5) is 0 Å². The Morgan fingerprint density at radius 1 is 0.205 bits per heavy atom. The van der Waals surface area contributed by atoms with E-state index in [9.17, 15) is 0 Å². The molecule has 0 aliphatic rings. The molecule has 0 unspecified atom stereocenters. The Morgan fingerprint density at radius 2 is 0.630 bits per heavy atom. The minimum atomic E-state index is 0.566. The zero-order chi connectivity index (χ0) is 82.2. The number of hydrogen-bond acceptors (Lipinski definition) is 8. The Kier molecular flexibility index (Phi) is 12.4. The van der Waals surface area contributed by atoms with Gasteiger partial charge in [0.2, 0.25) is 17.8 Å². The third-order valence-electron chi connectivity index (χ3n) is 28.1. The summed E-state index contributed by atoms with van der Waals surface area (Å²) < 4.78 is 14.3. The molecule has 31 rings (SSSR count). The average molecular weight is 1610 g/mol. The third kappa shape index (κ3) is 8.44. The van der Waals surface area contributed by atoms with E-state index in [-0.39, 0.29) is 0 Å². The molecule has 0 atom stereocenters. The second-order valence-corrected chi connectivity index (χ2v) is 34.4. The first kappa shape index (κ1) is 66.4. The largest absolute Gasteiger partial charge is 0.308 e. The van der Waals surface area contributed by atoms with Crippen molar-refractivity contribution in [3.05, 3.63) is 352 Å². The van der Waals surface area contributed by atoms with Gasteiger partial charge in [-0.3, -0.25) is 18.7 Å². The van der Waals surface area contributed by atoms with E-state index in [2.05, 4.69) is 367 Å². The van der Waals surface area contributed by atoms with Crippen LogP contribution >= 0.6 is 0 Å². The zero-order valence-electron chi connectivity index (χ0n) is 67.7. The molecule has 14 heterocycles. The van der Waals surface area contributed by atoms with E-state index in [4.69, 9.17) is 39.9 Å². The molecule has 17 aromatic carbocycles. The molecule has 0 N–H and O–H groups in total. The molecule has 31 aromatic rings. The Balaban J connectivity index is 0.573. The second-order valence-electron chi connectivity index (χ2n) is 34.4. The van der Waals surface area contributed by atoms with Gasteiger partial charge in [0.15, 0.2) is 0 Å². The number of hydrogen-bond donors (Lipinski definition) is 0.